The van der Waals surface area contributed by atoms with Gasteiger partial charge in [-0.3, -0.25) is 9.69 Å². The summed E-state index contributed by atoms with van der Waals surface area (Å²) in [6.07, 6.45) is 0.629. The molecule has 1 aliphatic rings. The molecular formula is C19H30N2O2. The number of benzene rings is 1. The lowest BCUT2D eigenvalue weighted by atomic mass is 9.91. The number of nitrogens with zero attached hydrogens (tertiary/aromatic N) is 2. The minimum atomic E-state index is 0.0656. The molecule has 1 aliphatic heterocycles. The van der Waals surface area contributed by atoms with E-state index in [4.69, 9.17) is 4.74 Å². The zero-order chi connectivity index (χ0) is 16.9. The standard InChI is InChI=1S/C19H30N2O2/c1-16-5-7-17(8-6-16)23-14-13-20-9-11-21(12-10-20)18(22)15-19(2,3)4/h5-8H,9-15H2,1-4H3. The van der Waals surface area contributed by atoms with Crippen LogP contribution in [-0.2, 0) is 4.79 Å². The lowest BCUT2D eigenvalue weighted by molar-refractivity contribution is -0.134. The number of carbonyl (C=O) groups is 1. The van der Waals surface area contributed by atoms with Crippen molar-refractivity contribution in [2.24, 2.45) is 5.41 Å². The maximum absolute atomic E-state index is 12.2. The third-order valence-electron chi connectivity index (χ3n) is 4.10. The van der Waals surface area contributed by atoms with Gasteiger partial charge < -0.3 is 9.64 Å². The molecule has 0 bridgehead atoms. The molecule has 0 radical (unpaired) electrons. The van der Waals surface area contributed by atoms with E-state index in [0.717, 1.165) is 38.5 Å². The van der Waals surface area contributed by atoms with Gasteiger partial charge in [0.2, 0.25) is 5.91 Å². The number of hydrogen-bond donors (Lipinski definition) is 0. The fourth-order valence-electron chi connectivity index (χ4n) is 2.71. The van der Waals surface area contributed by atoms with Gasteiger partial charge in [0.1, 0.15) is 12.4 Å². The first-order valence-electron chi connectivity index (χ1n) is 8.53. The first kappa shape index (κ1) is 17.8. The van der Waals surface area contributed by atoms with Crippen molar-refractivity contribution in [3.8, 4) is 5.75 Å². The van der Waals surface area contributed by atoms with Gasteiger partial charge >= 0.3 is 0 Å². The average molecular weight is 318 g/mol. The molecule has 0 unspecified atom stereocenters. The number of aryl methyl sites for hydroxylation is 1. The van der Waals surface area contributed by atoms with Crippen molar-refractivity contribution in [3.63, 3.8) is 0 Å². The molecule has 0 saturated carbocycles. The van der Waals surface area contributed by atoms with Gasteiger partial charge in [0.25, 0.3) is 0 Å². The van der Waals surface area contributed by atoms with Crippen LogP contribution in [0.1, 0.15) is 32.8 Å². The van der Waals surface area contributed by atoms with Crippen LogP contribution in [0.5, 0.6) is 5.75 Å². The van der Waals surface area contributed by atoms with Gasteiger partial charge in [0.05, 0.1) is 0 Å². The first-order chi connectivity index (χ1) is 10.8. The molecule has 1 heterocycles. The molecule has 1 aromatic carbocycles. The van der Waals surface area contributed by atoms with Crippen molar-refractivity contribution in [2.75, 3.05) is 39.3 Å². The van der Waals surface area contributed by atoms with Gasteiger partial charge in [-0.2, -0.15) is 0 Å². The van der Waals surface area contributed by atoms with E-state index in [-0.39, 0.29) is 11.3 Å². The Kier molecular flexibility index (Phi) is 6.05. The minimum absolute atomic E-state index is 0.0656. The third-order valence-corrected chi connectivity index (χ3v) is 4.10. The Bertz CT molecular complexity index is 497. The first-order valence-corrected chi connectivity index (χ1v) is 8.53. The normalized spacial score (nSPS) is 16.4. The molecule has 1 amide bonds. The van der Waals surface area contributed by atoms with Gasteiger partial charge in [0, 0.05) is 39.1 Å². The molecule has 4 nitrogen and oxygen atoms in total. The van der Waals surface area contributed by atoms with Gasteiger partial charge in [0.15, 0.2) is 0 Å². The largest absolute Gasteiger partial charge is 0.492 e. The lowest BCUT2D eigenvalue weighted by Gasteiger charge is -2.35. The highest BCUT2D eigenvalue weighted by atomic mass is 16.5. The fourth-order valence-corrected chi connectivity index (χ4v) is 2.71. The highest BCUT2D eigenvalue weighted by Gasteiger charge is 2.24. The number of piperazine rings is 1. The predicted octanol–water partition coefficient (Wildman–Crippen LogP) is 2.95. The Balaban J connectivity index is 1.66. The predicted molar refractivity (Wildman–Crippen MR) is 93.8 cm³/mol. The molecule has 4 heteroatoms. The second kappa shape index (κ2) is 7.82. The molecule has 1 aromatic rings. The van der Waals surface area contributed by atoms with E-state index < -0.39 is 0 Å². The van der Waals surface area contributed by atoms with Crippen LogP contribution in [0.2, 0.25) is 0 Å². The summed E-state index contributed by atoms with van der Waals surface area (Å²) in [5, 5.41) is 0. The fraction of sp³-hybridized carbons (Fsp3) is 0.632. The highest BCUT2D eigenvalue weighted by Crippen LogP contribution is 2.20. The van der Waals surface area contributed by atoms with Crippen molar-refractivity contribution in [1.82, 2.24) is 9.80 Å². The number of amides is 1. The van der Waals surface area contributed by atoms with Crippen molar-refractivity contribution in [2.45, 2.75) is 34.1 Å². The Hall–Kier alpha value is -1.55. The van der Waals surface area contributed by atoms with Crippen molar-refractivity contribution in [1.29, 1.82) is 0 Å². The Labute approximate surface area is 140 Å². The number of rotatable bonds is 5. The van der Waals surface area contributed by atoms with Gasteiger partial charge in [-0.05, 0) is 24.5 Å². The molecule has 0 atom stereocenters. The molecule has 23 heavy (non-hydrogen) atoms. The molecule has 0 aliphatic carbocycles. The van der Waals surface area contributed by atoms with Crippen LogP contribution >= 0.6 is 0 Å². The van der Waals surface area contributed by atoms with Gasteiger partial charge in [-0.25, -0.2) is 0 Å². The van der Waals surface area contributed by atoms with Crippen LogP contribution < -0.4 is 4.74 Å². The summed E-state index contributed by atoms with van der Waals surface area (Å²) in [5.74, 6) is 1.21. The van der Waals surface area contributed by atoms with E-state index in [0.29, 0.717) is 13.0 Å². The van der Waals surface area contributed by atoms with E-state index in [1.54, 1.807) is 0 Å². The second-order valence-electron chi connectivity index (χ2n) is 7.62. The summed E-state index contributed by atoms with van der Waals surface area (Å²) in [7, 11) is 0. The lowest BCUT2D eigenvalue weighted by Crippen LogP contribution is -2.50. The molecule has 1 saturated heterocycles. The average Bonchev–Trinajstić information content (AvgIpc) is 2.48. The molecule has 0 spiro atoms. The summed E-state index contributed by atoms with van der Waals surface area (Å²) in [5.41, 5.74) is 1.31. The summed E-state index contributed by atoms with van der Waals surface area (Å²) in [4.78, 5) is 16.6. The van der Waals surface area contributed by atoms with Crippen LogP contribution in [0.25, 0.3) is 0 Å². The Morgan fingerprint density at radius 3 is 2.26 bits per heavy atom. The van der Waals surface area contributed by atoms with E-state index >= 15 is 0 Å². The van der Waals surface area contributed by atoms with E-state index in [1.807, 2.05) is 17.0 Å². The van der Waals surface area contributed by atoms with E-state index in [9.17, 15) is 4.79 Å². The minimum Gasteiger partial charge on any atom is -0.492 e. The maximum Gasteiger partial charge on any atom is 0.223 e. The van der Waals surface area contributed by atoms with E-state index in [1.165, 1.54) is 5.56 Å². The number of carbonyl (C=O) groups excluding carboxylic acids is 1. The maximum atomic E-state index is 12.2. The number of hydrogen-bond acceptors (Lipinski definition) is 3. The van der Waals surface area contributed by atoms with Gasteiger partial charge in [-0.15, -0.1) is 0 Å². The molecule has 1 fully saturated rings. The zero-order valence-corrected chi connectivity index (χ0v) is 15.0. The molecule has 0 N–H and O–H groups in total. The van der Waals surface area contributed by atoms with E-state index in [2.05, 4.69) is 44.7 Å². The summed E-state index contributed by atoms with van der Waals surface area (Å²) in [6.45, 7) is 13.6. The molecule has 128 valence electrons. The molecule has 2 rings (SSSR count). The Morgan fingerprint density at radius 2 is 1.70 bits per heavy atom. The van der Waals surface area contributed by atoms with Gasteiger partial charge in [-0.1, -0.05) is 38.5 Å². The molecular weight excluding hydrogens is 288 g/mol. The van der Waals surface area contributed by atoms with Crippen LogP contribution in [0.4, 0.5) is 0 Å². The SMILES string of the molecule is Cc1ccc(OCCN2CCN(C(=O)CC(C)(C)C)CC2)cc1. The van der Waals surface area contributed by atoms with Crippen LogP contribution in [0, 0.1) is 12.3 Å². The monoisotopic (exact) mass is 318 g/mol. The van der Waals surface area contributed by atoms with Crippen LogP contribution in [0.15, 0.2) is 24.3 Å². The quantitative estimate of drug-likeness (QED) is 0.837. The zero-order valence-electron chi connectivity index (χ0n) is 15.0. The topological polar surface area (TPSA) is 32.8 Å². The summed E-state index contributed by atoms with van der Waals surface area (Å²) < 4.78 is 5.78. The smallest absolute Gasteiger partial charge is 0.223 e. The van der Waals surface area contributed by atoms with Crippen molar-refractivity contribution < 1.29 is 9.53 Å². The summed E-state index contributed by atoms with van der Waals surface area (Å²) >= 11 is 0. The van der Waals surface area contributed by atoms with Crippen LogP contribution in [-0.4, -0.2) is 55.0 Å². The number of ether oxygens (including phenoxy) is 1. The van der Waals surface area contributed by atoms with Crippen molar-refractivity contribution >= 4 is 5.91 Å². The highest BCUT2D eigenvalue weighted by molar-refractivity contribution is 5.76. The third kappa shape index (κ3) is 6.22. The molecule has 0 aromatic heterocycles. The van der Waals surface area contributed by atoms with Crippen LogP contribution in [0.3, 0.4) is 0 Å². The second-order valence-corrected chi connectivity index (χ2v) is 7.62. The summed E-state index contributed by atoms with van der Waals surface area (Å²) in [6, 6.07) is 8.15. The Morgan fingerprint density at radius 1 is 1.09 bits per heavy atom. The van der Waals surface area contributed by atoms with Crippen molar-refractivity contribution in [3.05, 3.63) is 29.8 Å².